The zero-order valence-electron chi connectivity index (χ0n) is 43.5. The minimum absolute atomic E-state index is 0.00657. The Morgan fingerprint density at radius 1 is 0.466 bits per heavy atom. The predicted octanol–water partition coefficient (Wildman–Crippen LogP) is 16.4. The van der Waals surface area contributed by atoms with Gasteiger partial charge in [-0.05, 0) is 159 Å². The average Bonchev–Trinajstić information content (AvgIpc) is 3.87. The van der Waals surface area contributed by atoms with Crippen molar-refractivity contribution in [3.8, 4) is 16.9 Å². The van der Waals surface area contributed by atoms with Gasteiger partial charge in [0, 0.05) is 67.6 Å². The second-order valence-corrected chi connectivity index (χ2v) is 23.1. The number of aromatic nitrogens is 1. The summed E-state index contributed by atoms with van der Waals surface area (Å²) >= 11 is 0. The average molecular weight is 945 g/mol. The van der Waals surface area contributed by atoms with Gasteiger partial charge in [-0.25, -0.2) is 0 Å². The topological polar surface area (TPSA) is 14.7 Å². The van der Waals surface area contributed by atoms with Crippen molar-refractivity contribution in [2.75, 3.05) is 14.7 Å². The third-order valence-electron chi connectivity index (χ3n) is 16.0. The van der Waals surface area contributed by atoms with Gasteiger partial charge in [0.05, 0.1) is 16.9 Å². The lowest BCUT2D eigenvalue weighted by molar-refractivity contribution is 0.590. The summed E-state index contributed by atoms with van der Waals surface area (Å²) in [5, 5.41) is 1.30. The van der Waals surface area contributed by atoms with Gasteiger partial charge in [-0.3, -0.25) is 0 Å². The van der Waals surface area contributed by atoms with E-state index < -0.39 is 5.41 Å². The van der Waals surface area contributed by atoms with Crippen LogP contribution >= 0.6 is 0 Å². The highest BCUT2D eigenvalue weighted by atomic mass is 15.2. The van der Waals surface area contributed by atoms with E-state index in [2.05, 4.69) is 288 Å². The molecule has 5 heteroatoms. The summed E-state index contributed by atoms with van der Waals surface area (Å²) in [5.74, 6) is 0. The smallest absolute Gasteiger partial charge is 0.252 e. The van der Waals surface area contributed by atoms with Gasteiger partial charge in [0.15, 0.2) is 0 Å². The summed E-state index contributed by atoms with van der Waals surface area (Å²) in [5.41, 5.74) is 25.8. The molecule has 0 atom stereocenters. The zero-order valence-corrected chi connectivity index (χ0v) is 43.5. The molecule has 13 rings (SSSR count). The van der Waals surface area contributed by atoms with Gasteiger partial charge in [0.25, 0.3) is 6.71 Å². The van der Waals surface area contributed by atoms with Crippen molar-refractivity contribution in [1.82, 2.24) is 4.57 Å². The molecular formula is C68H61BN4. The highest BCUT2D eigenvalue weighted by molar-refractivity contribution is 7.00. The van der Waals surface area contributed by atoms with Gasteiger partial charge in [-0.1, -0.05) is 165 Å². The molecule has 3 heterocycles. The normalized spacial score (nSPS) is 13.9. The molecule has 0 bridgehead atoms. The summed E-state index contributed by atoms with van der Waals surface area (Å²) < 4.78 is 2.71. The molecule has 356 valence electrons. The number of hydrogen-bond acceptors (Lipinski definition) is 3. The van der Waals surface area contributed by atoms with Gasteiger partial charge in [-0.2, -0.15) is 0 Å². The number of rotatable bonds is 7. The van der Waals surface area contributed by atoms with Crippen molar-refractivity contribution in [2.24, 2.45) is 0 Å². The molecule has 3 aliphatic rings. The molecule has 1 aromatic heterocycles. The molecule has 0 fully saturated rings. The lowest BCUT2D eigenvalue weighted by Gasteiger charge is -2.42. The lowest BCUT2D eigenvalue weighted by Crippen LogP contribution is -2.60. The zero-order chi connectivity index (χ0) is 50.1. The van der Waals surface area contributed by atoms with Gasteiger partial charge < -0.3 is 19.3 Å². The Balaban J connectivity index is 1.15. The first kappa shape index (κ1) is 44.9. The molecule has 1 aliphatic carbocycles. The fourth-order valence-corrected chi connectivity index (χ4v) is 12.5. The number of benzene rings is 9. The Bertz CT molecular complexity index is 3720. The molecule has 10 aromatic rings. The van der Waals surface area contributed by atoms with E-state index in [1.807, 2.05) is 0 Å². The monoisotopic (exact) mass is 944 g/mol. The summed E-state index contributed by atoms with van der Waals surface area (Å²) in [6.45, 7) is 21.2. The molecule has 0 spiro atoms. The summed E-state index contributed by atoms with van der Waals surface area (Å²) in [6.07, 6.45) is 0. The van der Waals surface area contributed by atoms with Crippen LogP contribution in [0.15, 0.2) is 206 Å². The quantitative estimate of drug-likeness (QED) is 0.148. The number of fused-ring (bicyclic) bond motifs is 9. The van der Waals surface area contributed by atoms with Crippen molar-refractivity contribution >= 4 is 85.2 Å². The minimum atomic E-state index is -0.401. The second kappa shape index (κ2) is 16.2. The van der Waals surface area contributed by atoms with E-state index in [0.717, 1.165) is 28.4 Å². The van der Waals surface area contributed by atoms with Crippen molar-refractivity contribution < 1.29 is 0 Å². The maximum Gasteiger partial charge on any atom is 0.252 e. The van der Waals surface area contributed by atoms with Crippen LogP contribution in [-0.4, -0.2) is 11.3 Å². The molecular weight excluding hydrogens is 884 g/mol. The van der Waals surface area contributed by atoms with Crippen LogP contribution in [0, 0.1) is 6.92 Å². The predicted molar refractivity (Wildman–Crippen MR) is 312 cm³/mol. The van der Waals surface area contributed by atoms with E-state index in [1.165, 1.54) is 94.8 Å². The largest absolute Gasteiger partial charge is 0.311 e. The minimum Gasteiger partial charge on any atom is -0.311 e. The first-order valence-electron chi connectivity index (χ1n) is 26.1. The molecule has 73 heavy (non-hydrogen) atoms. The Morgan fingerprint density at radius 2 is 1.01 bits per heavy atom. The molecule has 4 nitrogen and oxygen atoms in total. The molecule has 0 saturated carbocycles. The van der Waals surface area contributed by atoms with E-state index in [1.54, 1.807) is 0 Å². The van der Waals surface area contributed by atoms with Crippen LogP contribution in [0.2, 0.25) is 0 Å². The molecule has 9 aromatic carbocycles. The molecule has 0 radical (unpaired) electrons. The molecule has 2 aliphatic heterocycles. The molecule has 0 unspecified atom stereocenters. The van der Waals surface area contributed by atoms with Gasteiger partial charge in [0.1, 0.15) is 0 Å². The Hall–Kier alpha value is -8.02. The first-order chi connectivity index (χ1) is 35.2. The van der Waals surface area contributed by atoms with Crippen molar-refractivity contribution in [1.29, 1.82) is 0 Å². The maximum atomic E-state index is 2.71. The fraction of sp³-hybridized carbons (Fsp3) is 0.176. The summed E-state index contributed by atoms with van der Waals surface area (Å²) in [6, 6.07) is 77.3. The van der Waals surface area contributed by atoms with Crippen molar-refractivity contribution in [2.45, 2.75) is 78.6 Å². The van der Waals surface area contributed by atoms with Crippen LogP contribution in [0.5, 0.6) is 0 Å². The SMILES string of the molecule is Cc1cc2c3c(c1)-n1c4c(c5c(N(c6ccccc6)c6ccccc6)ccc(c51)B3c1ccc(C(C)(C)C)cc1N2c1cccc(C(C)(C)C)c1)C(C)(C)c1cc(N(c2ccccc2)c2ccccc2)ccc1-4. The van der Waals surface area contributed by atoms with Crippen LogP contribution in [0.4, 0.5) is 51.2 Å². The van der Waals surface area contributed by atoms with E-state index in [9.17, 15) is 0 Å². The van der Waals surface area contributed by atoms with Crippen LogP contribution < -0.4 is 31.1 Å². The Morgan fingerprint density at radius 3 is 1.60 bits per heavy atom. The van der Waals surface area contributed by atoms with Gasteiger partial charge >= 0.3 is 0 Å². The second-order valence-electron chi connectivity index (χ2n) is 23.1. The van der Waals surface area contributed by atoms with Crippen LogP contribution in [-0.2, 0) is 16.2 Å². The van der Waals surface area contributed by atoms with E-state index in [-0.39, 0.29) is 17.5 Å². The number of para-hydroxylation sites is 4. The fourth-order valence-electron chi connectivity index (χ4n) is 12.5. The number of anilines is 9. The van der Waals surface area contributed by atoms with Gasteiger partial charge in [-0.15, -0.1) is 0 Å². The van der Waals surface area contributed by atoms with E-state index >= 15 is 0 Å². The molecule has 0 N–H and O–H groups in total. The third kappa shape index (κ3) is 6.88. The van der Waals surface area contributed by atoms with E-state index in [4.69, 9.17) is 0 Å². The summed E-state index contributed by atoms with van der Waals surface area (Å²) in [4.78, 5) is 7.49. The molecule has 0 amide bonds. The number of nitrogens with zero attached hydrogens (tertiary/aromatic N) is 4. The van der Waals surface area contributed by atoms with E-state index in [0.29, 0.717) is 0 Å². The highest BCUT2D eigenvalue weighted by Gasteiger charge is 2.48. The third-order valence-corrected chi connectivity index (χ3v) is 16.0. The molecule has 0 saturated heterocycles. The Labute approximate surface area is 431 Å². The number of aryl methyl sites for hydroxylation is 1. The first-order valence-corrected chi connectivity index (χ1v) is 26.1. The standard InChI is InChI=1S/C68H61BN4/c1-44-39-59-63-60(40-44)73-64-53-35-34-52(70(47-24-14-10-15-25-47)48-26-16-11-17-27-48)43-54(53)68(8,9)62(64)61-57(71(49-28-18-12-19-29-49)50-30-20-13-21-31-50)38-37-56(65(61)73)69(63)55-36-33-46(67(5,6)7)42-58(55)72(59)51-32-22-23-45(41-51)66(2,3)4/h10-43H,1-9H3. The van der Waals surface area contributed by atoms with Crippen LogP contribution in [0.25, 0.3) is 27.8 Å². The maximum absolute atomic E-state index is 2.71. The number of hydrogen-bond donors (Lipinski definition) is 0. The Kier molecular flexibility index (Phi) is 9.99. The summed E-state index contributed by atoms with van der Waals surface area (Å²) in [7, 11) is 0. The van der Waals surface area contributed by atoms with Gasteiger partial charge in [0.2, 0.25) is 0 Å². The van der Waals surface area contributed by atoms with Crippen LogP contribution in [0.1, 0.15) is 83.2 Å². The lowest BCUT2D eigenvalue weighted by atomic mass is 9.33. The van der Waals surface area contributed by atoms with Crippen molar-refractivity contribution in [3.63, 3.8) is 0 Å². The highest BCUT2D eigenvalue weighted by Crippen LogP contribution is 2.58. The van der Waals surface area contributed by atoms with Crippen molar-refractivity contribution in [3.05, 3.63) is 234 Å². The van der Waals surface area contributed by atoms with Crippen LogP contribution in [0.3, 0.4) is 0 Å².